The van der Waals surface area contributed by atoms with Crippen LogP contribution in [0.3, 0.4) is 0 Å². The minimum atomic E-state index is -3.23. The third-order valence-electron chi connectivity index (χ3n) is 4.63. The molecule has 2 aliphatic rings. The molecule has 4 nitrogen and oxygen atoms in total. The summed E-state index contributed by atoms with van der Waals surface area (Å²) in [6.07, 6.45) is 8.63. The van der Waals surface area contributed by atoms with Crippen LogP contribution in [0.5, 0.6) is 0 Å². The molecular weight excluding hydrogens is 297 g/mol. The van der Waals surface area contributed by atoms with E-state index in [-0.39, 0.29) is 11.6 Å². The maximum Gasteiger partial charge on any atom is 0.283 e. The van der Waals surface area contributed by atoms with Crippen LogP contribution in [-0.2, 0) is 9.09 Å². The van der Waals surface area contributed by atoms with Crippen LogP contribution in [0, 0.1) is 0 Å². The summed E-state index contributed by atoms with van der Waals surface area (Å²) in [5, 5.41) is 11.1. The topological polar surface area (TPSA) is 49.8 Å². The van der Waals surface area contributed by atoms with E-state index in [1.54, 1.807) is 12.2 Å². The fourth-order valence-electron chi connectivity index (χ4n) is 3.52. The van der Waals surface area contributed by atoms with E-state index in [0.717, 1.165) is 19.3 Å². The van der Waals surface area contributed by atoms with E-state index >= 15 is 0 Å². The van der Waals surface area contributed by atoms with Gasteiger partial charge in [-0.2, -0.15) is 0 Å². The monoisotopic (exact) mass is 327 g/mol. The predicted octanol–water partition coefficient (Wildman–Crippen LogP) is 4.11. The summed E-state index contributed by atoms with van der Waals surface area (Å²) in [6, 6.07) is 0. The molecule has 0 spiro atoms. The Morgan fingerprint density at radius 2 is 2.23 bits per heavy atom. The molecule has 2 rings (SSSR count). The molecule has 5 heteroatoms. The summed E-state index contributed by atoms with van der Waals surface area (Å²) in [6.45, 7) is 12.7. The Balaban J connectivity index is 2.46. The Hall–Kier alpha value is -0.410. The van der Waals surface area contributed by atoms with Crippen molar-refractivity contribution < 1.29 is 14.2 Å². The number of rotatable bonds is 3. The molecule has 1 heterocycles. The van der Waals surface area contributed by atoms with Gasteiger partial charge in [-0.25, -0.2) is 4.67 Å². The van der Waals surface area contributed by atoms with Crippen molar-refractivity contribution >= 4 is 7.52 Å². The maximum absolute atomic E-state index is 13.9. The Morgan fingerprint density at radius 3 is 2.73 bits per heavy atom. The Bertz CT molecular complexity index is 497. The molecule has 3 unspecified atom stereocenters. The van der Waals surface area contributed by atoms with Gasteiger partial charge in [-0.05, 0) is 53.4 Å². The molecule has 4 atom stereocenters. The van der Waals surface area contributed by atoms with Crippen LogP contribution in [0.4, 0.5) is 0 Å². The summed E-state index contributed by atoms with van der Waals surface area (Å²) in [5.74, 6) is 0. The summed E-state index contributed by atoms with van der Waals surface area (Å²) >= 11 is 0. The quantitative estimate of drug-likeness (QED) is 0.626. The highest BCUT2D eigenvalue weighted by molar-refractivity contribution is 7.57. The Morgan fingerprint density at radius 1 is 1.55 bits per heavy atom. The smallest absolute Gasteiger partial charge is 0.283 e. The van der Waals surface area contributed by atoms with Gasteiger partial charge in [0.15, 0.2) is 0 Å². The van der Waals surface area contributed by atoms with Gasteiger partial charge in [-0.15, -0.1) is 6.58 Å². The fraction of sp³-hybridized carbons (Fsp3) is 0.765. The number of hydrogen-bond acceptors (Lipinski definition) is 3. The lowest BCUT2D eigenvalue weighted by Crippen LogP contribution is -2.51. The number of hydrogen-bond donors (Lipinski definition) is 1. The molecule has 1 aliphatic heterocycles. The van der Waals surface area contributed by atoms with Crippen LogP contribution in [0.15, 0.2) is 24.8 Å². The fourth-order valence-corrected chi connectivity index (χ4v) is 6.96. The van der Waals surface area contributed by atoms with Crippen LogP contribution in [0.25, 0.3) is 0 Å². The molecular formula is C17H30NO3P. The predicted molar refractivity (Wildman–Crippen MR) is 91.2 cm³/mol. The normalized spacial score (nSPS) is 38.7. The first-order valence-corrected chi connectivity index (χ1v) is 9.87. The molecule has 1 aliphatic carbocycles. The first-order valence-electron chi connectivity index (χ1n) is 8.22. The molecule has 0 saturated carbocycles. The van der Waals surface area contributed by atoms with Crippen LogP contribution >= 0.6 is 7.52 Å². The minimum Gasteiger partial charge on any atom is -0.385 e. The molecule has 1 N–H and O–H groups in total. The van der Waals surface area contributed by atoms with Gasteiger partial charge in [0.2, 0.25) is 0 Å². The second-order valence-electron chi connectivity index (χ2n) is 7.53. The Labute approximate surface area is 134 Å². The van der Waals surface area contributed by atoms with Crippen LogP contribution in [-0.4, -0.2) is 39.2 Å². The summed E-state index contributed by atoms with van der Waals surface area (Å²) < 4.78 is 21.8. The van der Waals surface area contributed by atoms with Crippen molar-refractivity contribution in [1.82, 2.24) is 4.67 Å². The van der Waals surface area contributed by atoms with Crippen molar-refractivity contribution in [1.29, 1.82) is 0 Å². The molecule has 0 bridgehead atoms. The van der Waals surface area contributed by atoms with E-state index in [0.29, 0.717) is 13.0 Å². The minimum absolute atomic E-state index is 0.0666. The Kier molecular flexibility index (Phi) is 5.09. The van der Waals surface area contributed by atoms with Gasteiger partial charge in [0.05, 0.1) is 11.7 Å². The van der Waals surface area contributed by atoms with Crippen molar-refractivity contribution in [2.45, 2.75) is 76.3 Å². The average Bonchev–Trinajstić information content (AvgIpc) is 2.37. The van der Waals surface area contributed by atoms with E-state index < -0.39 is 18.8 Å². The molecule has 0 aromatic rings. The van der Waals surface area contributed by atoms with Crippen molar-refractivity contribution in [3.63, 3.8) is 0 Å². The van der Waals surface area contributed by atoms with Crippen LogP contribution < -0.4 is 0 Å². The van der Waals surface area contributed by atoms with E-state index in [9.17, 15) is 9.67 Å². The highest BCUT2D eigenvalue weighted by atomic mass is 31.2. The molecule has 0 amide bonds. The third-order valence-corrected chi connectivity index (χ3v) is 8.13. The van der Waals surface area contributed by atoms with Gasteiger partial charge in [0.1, 0.15) is 5.66 Å². The summed E-state index contributed by atoms with van der Waals surface area (Å²) in [5.41, 5.74) is -2.01. The third kappa shape index (κ3) is 3.26. The standard InChI is InChI=1S/C17H30NO3P/c1-6-15(17(19)11-8-7-9-12-17)22(20)18(16(3,4)5)13-10-14(2)21-22/h6,8,11,14-15,19H,1,7,9-10,12-13H2,2-5H3/t14-,15?,17?,22?/m0/s1. The summed E-state index contributed by atoms with van der Waals surface area (Å²) in [7, 11) is -3.23. The zero-order valence-electron chi connectivity index (χ0n) is 14.3. The SMILES string of the molecule is C=CC(C1(O)C=CCCC1)P1(=O)O[C@@H](C)CCN1C(C)(C)C. The van der Waals surface area contributed by atoms with Gasteiger partial charge >= 0.3 is 0 Å². The maximum atomic E-state index is 13.9. The first-order chi connectivity index (χ1) is 10.1. The van der Waals surface area contributed by atoms with E-state index in [1.165, 1.54) is 0 Å². The number of nitrogens with zero attached hydrogens (tertiary/aromatic N) is 1. The molecule has 0 radical (unpaired) electrons. The van der Waals surface area contributed by atoms with Crippen LogP contribution in [0.1, 0.15) is 53.4 Å². The first kappa shape index (κ1) is 17.9. The largest absolute Gasteiger partial charge is 0.385 e. The number of aliphatic hydroxyl groups is 1. The molecule has 0 aromatic carbocycles. The zero-order chi connectivity index (χ0) is 16.6. The van der Waals surface area contributed by atoms with E-state index in [4.69, 9.17) is 4.52 Å². The second kappa shape index (κ2) is 6.24. The van der Waals surface area contributed by atoms with Gasteiger partial charge in [-0.3, -0.25) is 4.57 Å². The van der Waals surface area contributed by atoms with Gasteiger partial charge in [-0.1, -0.05) is 18.2 Å². The lowest BCUT2D eigenvalue weighted by Gasteiger charge is -2.50. The van der Waals surface area contributed by atoms with Gasteiger partial charge in [0.25, 0.3) is 7.52 Å². The van der Waals surface area contributed by atoms with Crippen molar-refractivity contribution in [3.05, 3.63) is 24.8 Å². The summed E-state index contributed by atoms with van der Waals surface area (Å²) in [4.78, 5) is 0. The molecule has 126 valence electrons. The van der Waals surface area contributed by atoms with E-state index in [2.05, 4.69) is 6.58 Å². The highest BCUT2D eigenvalue weighted by Crippen LogP contribution is 2.65. The highest BCUT2D eigenvalue weighted by Gasteiger charge is 2.54. The lowest BCUT2D eigenvalue weighted by molar-refractivity contribution is 0.0514. The molecule has 1 saturated heterocycles. The van der Waals surface area contributed by atoms with Gasteiger partial charge < -0.3 is 9.63 Å². The van der Waals surface area contributed by atoms with Crippen molar-refractivity contribution in [2.75, 3.05) is 6.54 Å². The molecule has 22 heavy (non-hydrogen) atoms. The molecule has 1 fully saturated rings. The van der Waals surface area contributed by atoms with E-state index in [1.807, 2.05) is 38.4 Å². The zero-order valence-corrected chi connectivity index (χ0v) is 15.2. The average molecular weight is 327 g/mol. The number of allylic oxidation sites excluding steroid dienone is 1. The van der Waals surface area contributed by atoms with Gasteiger partial charge in [0, 0.05) is 12.1 Å². The van der Waals surface area contributed by atoms with Crippen molar-refractivity contribution in [2.24, 2.45) is 0 Å². The second-order valence-corrected chi connectivity index (χ2v) is 9.91. The van der Waals surface area contributed by atoms with Crippen LogP contribution in [0.2, 0.25) is 0 Å². The van der Waals surface area contributed by atoms with Crippen molar-refractivity contribution in [3.8, 4) is 0 Å². The molecule has 0 aromatic heterocycles. The lowest BCUT2D eigenvalue weighted by atomic mass is 9.88.